The Bertz CT molecular complexity index is 846. The van der Waals surface area contributed by atoms with Crippen LogP contribution < -0.4 is 15.6 Å². The maximum absolute atomic E-state index is 5.55. The fourth-order valence-corrected chi connectivity index (χ4v) is 3.54. The lowest BCUT2D eigenvalue weighted by molar-refractivity contribution is 0.379. The molecule has 0 aliphatic carbocycles. The van der Waals surface area contributed by atoms with Crippen LogP contribution >= 0.6 is 12.2 Å². The van der Waals surface area contributed by atoms with Gasteiger partial charge in [0.15, 0.2) is 5.11 Å². The molecule has 2 aliphatic heterocycles. The van der Waals surface area contributed by atoms with Gasteiger partial charge in [-0.1, -0.05) is 0 Å². The molecule has 0 bridgehead atoms. The second-order valence-electron chi connectivity index (χ2n) is 6.54. The van der Waals surface area contributed by atoms with Gasteiger partial charge in [0.25, 0.3) is 0 Å². The minimum atomic E-state index is 0.647. The monoisotopic (exact) mass is 382 g/mol. The first-order chi connectivity index (χ1) is 13.2. The number of nitrogens with one attached hydrogen (secondary N) is 2. The third kappa shape index (κ3) is 3.82. The third-order valence-corrected chi connectivity index (χ3v) is 5.17. The molecule has 0 amide bonds. The summed E-state index contributed by atoms with van der Waals surface area (Å²) in [5.41, 5.74) is 7.15. The van der Waals surface area contributed by atoms with Crippen LogP contribution in [0.1, 0.15) is 17.7 Å². The summed E-state index contributed by atoms with van der Waals surface area (Å²) in [5, 5.41) is 8.61. The van der Waals surface area contributed by atoms with Gasteiger partial charge in [-0.2, -0.15) is 5.10 Å². The highest BCUT2D eigenvalue weighted by Crippen LogP contribution is 2.23. The van der Waals surface area contributed by atoms with Gasteiger partial charge in [-0.3, -0.25) is 15.4 Å². The van der Waals surface area contributed by atoms with Crippen molar-refractivity contribution in [3.8, 4) is 0 Å². The summed E-state index contributed by atoms with van der Waals surface area (Å²) in [6, 6.07) is 2.00. The molecule has 9 heteroatoms. The highest BCUT2D eigenvalue weighted by molar-refractivity contribution is 7.80. The van der Waals surface area contributed by atoms with E-state index >= 15 is 0 Å². The molecule has 2 aromatic rings. The number of rotatable bonds is 2. The highest BCUT2D eigenvalue weighted by atomic mass is 32.1. The number of nitrogens with zero attached hydrogens (tertiary/aromatic N) is 6. The van der Waals surface area contributed by atoms with Gasteiger partial charge in [-0.05, 0) is 30.8 Å². The lowest BCUT2D eigenvalue weighted by Crippen LogP contribution is -2.51. The predicted octanol–water partition coefficient (Wildman–Crippen LogP) is 1.40. The van der Waals surface area contributed by atoms with Gasteiger partial charge in [0.1, 0.15) is 11.5 Å². The molecule has 0 spiro atoms. The summed E-state index contributed by atoms with van der Waals surface area (Å²) < 4.78 is 0. The van der Waals surface area contributed by atoms with Crippen LogP contribution in [-0.2, 0) is 0 Å². The van der Waals surface area contributed by atoms with E-state index in [0.717, 1.165) is 62.1 Å². The van der Waals surface area contributed by atoms with Crippen molar-refractivity contribution in [2.75, 3.05) is 42.9 Å². The van der Waals surface area contributed by atoms with Crippen molar-refractivity contribution in [3.63, 3.8) is 0 Å². The van der Waals surface area contributed by atoms with E-state index in [1.165, 1.54) is 5.56 Å². The quantitative estimate of drug-likeness (QED) is 0.596. The van der Waals surface area contributed by atoms with Gasteiger partial charge >= 0.3 is 0 Å². The fraction of sp³-hybridized carbons (Fsp3) is 0.389. The van der Waals surface area contributed by atoms with Crippen molar-refractivity contribution >= 4 is 34.5 Å². The topological polar surface area (TPSA) is 81.6 Å². The molecule has 0 saturated carbocycles. The normalized spacial score (nSPS) is 18.0. The van der Waals surface area contributed by atoms with E-state index in [9.17, 15) is 0 Å². The number of hydrogen-bond acceptors (Lipinski definition) is 7. The van der Waals surface area contributed by atoms with Crippen molar-refractivity contribution in [2.24, 2.45) is 5.10 Å². The van der Waals surface area contributed by atoms with Crippen molar-refractivity contribution in [2.45, 2.75) is 13.3 Å². The second kappa shape index (κ2) is 7.83. The van der Waals surface area contributed by atoms with Gasteiger partial charge in [0.05, 0.1) is 17.6 Å². The Kier molecular flexibility index (Phi) is 5.10. The Balaban J connectivity index is 1.37. The van der Waals surface area contributed by atoms with Crippen LogP contribution in [0.15, 0.2) is 36.0 Å². The van der Waals surface area contributed by atoms with Crippen LogP contribution in [0.25, 0.3) is 0 Å². The van der Waals surface area contributed by atoms with Gasteiger partial charge in [-0.25, -0.2) is 4.98 Å². The van der Waals surface area contributed by atoms with E-state index in [4.69, 9.17) is 12.2 Å². The Morgan fingerprint density at radius 1 is 1.19 bits per heavy atom. The molecule has 4 rings (SSSR count). The minimum Gasteiger partial charge on any atom is -0.383 e. The third-order valence-electron chi connectivity index (χ3n) is 4.82. The zero-order chi connectivity index (χ0) is 18.6. The lowest BCUT2D eigenvalue weighted by atomic mass is 10.0. The molecule has 0 aromatic carbocycles. The first kappa shape index (κ1) is 17.6. The number of pyridine rings is 1. The summed E-state index contributed by atoms with van der Waals surface area (Å²) in [6.45, 7) is 6.27. The molecule has 1 saturated heterocycles. The first-order valence-corrected chi connectivity index (χ1v) is 9.45. The van der Waals surface area contributed by atoms with E-state index < -0.39 is 0 Å². The molecule has 27 heavy (non-hydrogen) atoms. The molecular weight excluding hydrogens is 360 g/mol. The predicted molar refractivity (Wildman–Crippen MR) is 110 cm³/mol. The SMILES string of the molecule is Cc1ccnc2c1NCC/C2=N/NC(=S)N1CCN(c2cnccn2)CC1. The number of fused-ring (bicyclic) bond motifs is 1. The Morgan fingerprint density at radius 3 is 2.81 bits per heavy atom. The molecule has 1 fully saturated rings. The Hall–Kier alpha value is -2.81. The number of hydrazone groups is 1. The summed E-state index contributed by atoms with van der Waals surface area (Å²) in [4.78, 5) is 17.3. The van der Waals surface area contributed by atoms with E-state index in [-0.39, 0.29) is 0 Å². The standard InChI is InChI=1S/C18H22N8S/c1-13-2-4-22-17-14(3-5-21-16(13)17)23-24-18(27)26-10-8-25(9-11-26)15-12-19-6-7-20-15/h2,4,6-7,12,21H,3,5,8-11H2,1H3,(H,24,27)/b23-14-. The second-order valence-corrected chi connectivity index (χ2v) is 6.93. The van der Waals surface area contributed by atoms with E-state index in [0.29, 0.717) is 5.11 Å². The highest BCUT2D eigenvalue weighted by Gasteiger charge is 2.21. The summed E-state index contributed by atoms with van der Waals surface area (Å²) in [7, 11) is 0. The number of hydrogen-bond donors (Lipinski definition) is 2. The zero-order valence-corrected chi connectivity index (χ0v) is 16.0. The molecule has 4 heterocycles. The van der Waals surface area contributed by atoms with E-state index in [1.54, 1.807) is 18.6 Å². The molecule has 0 radical (unpaired) electrons. The fourth-order valence-electron chi connectivity index (χ4n) is 3.31. The molecule has 0 atom stereocenters. The maximum Gasteiger partial charge on any atom is 0.189 e. The Labute approximate surface area is 163 Å². The van der Waals surface area contributed by atoms with E-state index in [2.05, 4.69) is 47.5 Å². The van der Waals surface area contributed by atoms with Crippen LogP contribution in [0.4, 0.5) is 11.5 Å². The van der Waals surface area contributed by atoms with Crippen LogP contribution in [-0.4, -0.2) is 63.4 Å². The lowest BCUT2D eigenvalue weighted by Gasteiger charge is -2.36. The molecule has 2 aromatic heterocycles. The number of anilines is 2. The smallest absolute Gasteiger partial charge is 0.189 e. The minimum absolute atomic E-state index is 0.647. The van der Waals surface area contributed by atoms with E-state index in [1.807, 2.05) is 12.3 Å². The van der Waals surface area contributed by atoms with Crippen molar-refractivity contribution in [1.29, 1.82) is 0 Å². The van der Waals surface area contributed by atoms with Crippen molar-refractivity contribution in [3.05, 3.63) is 42.1 Å². The van der Waals surface area contributed by atoms with Gasteiger partial charge in [-0.15, -0.1) is 0 Å². The number of aromatic nitrogens is 3. The number of thiocarbonyl (C=S) groups is 1. The van der Waals surface area contributed by atoms with Crippen molar-refractivity contribution < 1.29 is 0 Å². The average molecular weight is 382 g/mol. The largest absolute Gasteiger partial charge is 0.383 e. The molecule has 140 valence electrons. The average Bonchev–Trinajstić information content (AvgIpc) is 2.73. The molecular formula is C18H22N8S. The number of piperazine rings is 1. The number of aryl methyl sites for hydroxylation is 1. The van der Waals surface area contributed by atoms with Crippen molar-refractivity contribution in [1.82, 2.24) is 25.3 Å². The van der Waals surface area contributed by atoms with Crippen LogP contribution in [0.3, 0.4) is 0 Å². The molecule has 8 nitrogen and oxygen atoms in total. The summed E-state index contributed by atoms with van der Waals surface area (Å²) in [6.07, 6.45) is 7.84. The Morgan fingerprint density at radius 2 is 2.04 bits per heavy atom. The van der Waals surface area contributed by atoms with Crippen LogP contribution in [0.5, 0.6) is 0 Å². The molecule has 0 unspecified atom stereocenters. The van der Waals surface area contributed by atoms with Gasteiger partial charge in [0, 0.05) is 57.7 Å². The zero-order valence-electron chi connectivity index (χ0n) is 15.2. The summed E-state index contributed by atoms with van der Waals surface area (Å²) in [5.74, 6) is 0.907. The first-order valence-electron chi connectivity index (χ1n) is 9.04. The van der Waals surface area contributed by atoms with Gasteiger partial charge in [0.2, 0.25) is 0 Å². The van der Waals surface area contributed by atoms with Gasteiger partial charge < -0.3 is 15.1 Å². The summed E-state index contributed by atoms with van der Waals surface area (Å²) >= 11 is 5.55. The molecule has 2 N–H and O–H groups in total. The van der Waals surface area contributed by atoms with Crippen LogP contribution in [0, 0.1) is 6.92 Å². The van der Waals surface area contributed by atoms with Crippen LogP contribution in [0.2, 0.25) is 0 Å². The molecule has 2 aliphatic rings. The maximum atomic E-state index is 5.55.